The smallest absolute Gasteiger partial charge is 0.252 e. The molecule has 0 spiro atoms. The maximum absolute atomic E-state index is 12.3. The number of ether oxygens (including phenoxy) is 1. The number of para-hydroxylation sites is 1. The number of thiazole rings is 1. The second-order valence-corrected chi connectivity index (χ2v) is 8.86. The maximum atomic E-state index is 12.3. The summed E-state index contributed by atoms with van der Waals surface area (Å²) in [5.41, 5.74) is 1.36. The largest absolute Gasteiger partial charge is 0.494 e. The number of fused-ring (bicyclic) bond motifs is 1. The van der Waals surface area contributed by atoms with E-state index in [2.05, 4.69) is 21.2 Å². The van der Waals surface area contributed by atoms with Gasteiger partial charge in [0.15, 0.2) is 5.13 Å². The highest BCUT2D eigenvalue weighted by Gasteiger charge is 2.21. The molecule has 1 aromatic heterocycles. The molecule has 0 radical (unpaired) electrons. The van der Waals surface area contributed by atoms with E-state index in [1.54, 1.807) is 36.6 Å². The molecule has 3 aromatic rings. The molecule has 30 heavy (non-hydrogen) atoms. The lowest BCUT2D eigenvalue weighted by molar-refractivity contribution is 0.0948. The predicted molar refractivity (Wildman–Crippen MR) is 124 cm³/mol. The van der Waals surface area contributed by atoms with Crippen LogP contribution in [0.2, 0.25) is 10.0 Å². The first-order valence-electron chi connectivity index (χ1n) is 9.69. The van der Waals surface area contributed by atoms with Crippen molar-refractivity contribution in [2.45, 2.75) is 0 Å². The number of hydrogen-bond acceptors (Lipinski definition) is 6. The molecule has 1 saturated heterocycles. The van der Waals surface area contributed by atoms with Gasteiger partial charge < -0.3 is 15.0 Å². The second-order valence-electron chi connectivity index (χ2n) is 7.01. The number of hydrogen-bond donors (Lipinski definition) is 1. The molecular weight excluding hydrogens is 443 g/mol. The van der Waals surface area contributed by atoms with Gasteiger partial charge in [-0.25, -0.2) is 4.98 Å². The van der Waals surface area contributed by atoms with Crippen molar-refractivity contribution in [3.8, 4) is 5.75 Å². The summed E-state index contributed by atoms with van der Waals surface area (Å²) in [7, 11) is 1.67. The maximum Gasteiger partial charge on any atom is 0.252 e. The van der Waals surface area contributed by atoms with Gasteiger partial charge >= 0.3 is 0 Å². The first-order valence-corrected chi connectivity index (χ1v) is 11.3. The summed E-state index contributed by atoms with van der Waals surface area (Å²) in [6, 6.07) is 10.9. The SMILES string of the molecule is COc1cccc2sc(N3CCN(CCNC(=O)c4ccc(Cl)cc4Cl)CC3)nc12. The molecule has 1 amide bonds. The fourth-order valence-electron chi connectivity index (χ4n) is 3.47. The fraction of sp³-hybridized carbons (Fsp3) is 0.333. The van der Waals surface area contributed by atoms with Crippen LogP contribution in [0.25, 0.3) is 10.2 Å². The van der Waals surface area contributed by atoms with Gasteiger partial charge in [-0.2, -0.15) is 0 Å². The molecule has 0 saturated carbocycles. The number of aromatic nitrogens is 1. The Morgan fingerprint density at radius 1 is 1.20 bits per heavy atom. The summed E-state index contributed by atoms with van der Waals surface area (Å²) in [6.07, 6.45) is 0. The highest BCUT2D eigenvalue weighted by Crippen LogP contribution is 2.34. The van der Waals surface area contributed by atoms with Crippen LogP contribution in [0.15, 0.2) is 36.4 Å². The molecule has 158 valence electrons. The van der Waals surface area contributed by atoms with Gasteiger partial charge in [0, 0.05) is 44.3 Å². The van der Waals surface area contributed by atoms with Gasteiger partial charge in [0.05, 0.1) is 22.4 Å². The average molecular weight is 465 g/mol. The van der Waals surface area contributed by atoms with Crippen molar-refractivity contribution in [3.63, 3.8) is 0 Å². The zero-order chi connectivity index (χ0) is 21.1. The lowest BCUT2D eigenvalue weighted by Gasteiger charge is -2.34. The Labute approximate surface area is 189 Å². The number of methoxy groups -OCH3 is 1. The molecule has 2 heterocycles. The molecule has 0 atom stereocenters. The summed E-state index contributed by atoms with van der Waals surface area (Å²) >= 11 is 13.7. The summed E-state index contributed by atoms with van der Waals surface area (Å²) in [4.78, 5) is 21.8. The van der Waals surface area contributed by atoms with E-state index in [0.717, 1.165) is 53.8 Å². The molecule has 1 N–H and O–H groups in total. The topological polar surface area (TPSA) is 57.7 Å². The number of rotatable bonds is 6. The Morgan fingerprint density at radius 2 is 2.00 bits per heavy atom. The Hall–Kier alpha value is -2.06. The number of nitrogens with one attached hydrogen (secondary N) is 1. The van der Waals surface area contributed by atoms with Crippen LogP contribution in [-0.4, -0.2) is 62.2 Å². The van der Waals surface area contributed by atoms with Crippen LogP contribution in [0.3, 0.4) is 0 Å². The monoisotopic (exact) mass is 464 g/mol. The van der Waals surface area contributed by atoms with Gasteiger partial charge in [0.2, 0.25) is 0 Å². The fourth-order valence-corrected chi connectivity index (χ4v) is 5.00. The van der Waals surface area contributed by atoms with Gasteiger partial charge in [-0.1, -0.05) is 40.6 Å². The normalized spacial score (nSPS) is 14.8. The van der Waals surface area contributed by atoms with E-state index in [4.69, 9.17) is 32.9 Å². The quantitative estimate of drug-likeness (QED) is 0.593. The van der Waals surface area contributed by atoms with Crippen molar-refractivity contribution >= 4 is 55.8 Å². The minimum atomic E-state index is -0.182. The number of halogens is 2. The zero-order valence-electron chi connectivity index (χ0n) is 16.5. The van der Waals surface area contributed by atoms with E-state index in [1.807, 2.05) is 12.1 Å². The van der Waals surface area contributed by atoms with Crippen LogP contribution in [-0.2, 0) is 0 Å². The van der Waals surface area contributed by atoms with E-state index in [0.29, 0.717) is 22.2 Å². The van der Waals surface area contributed by atoms with Crippen LogP contribution in [0.5, 0.6) is 5.75 Å². The molecule has 6 nitrogen and oxygen atoms in total. The molecule has 1 aliphatic heterocycles. The molecule has 1 fully saturated rings. The van der Waals surface area contributed by atoms with Gasteiger partial charge in [-0.05, 0) is 30.3 Å². The van der Waals surface area contributed by atoms with Crippen LogP contribution in [0, 0.1) is 0 Å². The van der Waals surface area contributed by atoms with E-state index < -0.39 is 0 Å². The molecule has 0 aliphatic carbocycles. The van der Waals surface area contributed by atoms with Crippen molar-refractivity contribution in [1.29, 1.82) is 0 Å². The number of amides is 1. The van der Waals surface area contributed by atoms with Gasteiger partial charge in [-0.15, -0.1) is 0 Å². The molecule has 2 aromatic carbocycles. The summed E-state index contributed by atoms with van der Waals surface area (Å²) < 4.78 is 6.56. The van der Waals surface area contributed by atoms with Gasteiger partial charge in [-0.3, -0.25) is 9.69 Å². The zero-order valence-corrected chi connectivity index (χ0v) is 18.9. The molecular formula is C21H22Cl2N4O2S. The van der Waals surface area contributed by atoms with Gasteiger partial charge in [0.25, 0.3) is 5.91 Å². The van der Waals surface area contributed by atoms with E-state index in [9.17, 15) is 4.79 Å². The number of anilines is 1. The number of carbonyl (C=O) groups excluding carboxylic acids is 1. The summed E-state index contributed by atoms with van der Waals surface area (Å²) in [5, 5.41) is 4.84. The van der Waals surface area contributed by atoms with Crippen LogP contribution < -0.4 is 15.0 Å². The summed E-state index contributed by atoms with van der Waals surface area (Å²) in [6.45, 7) is 5.00. The third kappa shape index (κ3) is 4.64. The van der Waals surface area contributed by atoms with Crippen molar-refractivity contribution in [1.82, 2.24) is 15.2 Å². The molecule has 4 rings (SSSR count). The van der Waals surface area contributed by atoms with E-state index in [1.165, 1.54) is 0 Å². The van der Waals surface area contributed by atoms with E-state index >= 15 is 0 Å². The number of carbonyl (C=O) groups is 1. The standard InChI is InChI=1S/C21H22Cl2N4O2S/c1-29-17-3-2-4-18-19(17)25-21(30-18)27-11-9-26(10-12-27)8-7-24-20(28)15-6-5-14(22)13-16(15)23/h2-6,13H,7-12H2,1H3,(H,24,28). The second kappa shape index (κ2) is 9.39. The Balaban J connectivity index is 1.27. The molecule has 9 heteroatoms. The van der Waals surface area contributed by atoms with Crippen molar-refractivity contribution < 1.29 is 9.53 Å². The Morgan fingerprint density at radius 3 is 2.73 bits per heavy atom. The Kier molecular flexibility index (Phi) is 6.63. The first kappa shape index (κ1) is 21.2. The van der Waals surface area contributed by atoms with Crippen LogP contribution >= 0.6 is 34.5 Å². The van der Waals surface area contributed by atoms with Gasteiger partial charge in [0.1, 0.15) is 11.3 Å². The van der Waals surface area contributed by atoms with Crippen LogP contribution in [0.1, 0.15) is 10.4 Å². The molecule has 1 aliphatic rings. The summed E-state index contributed by atoms with van der Waals surface area (Å²) in [5.74, 6) is 0.629. The highest BCUT2D eigenvalue weighted by atomic mass is 35.5. The lowest BCUT2D eigenvalue weighted by Crippen LogP contribution is -2.48. The minimum absolute atomic E-state index is 0.182. The third-order valence-electron chi connectivity index (χ3n) is 5.12. The van der Waals surface area contributed by atoms with E-state index in [-0.39, 0.29) is 5.91 Å². The highest BCUT2D eigenvalue weighted by molar-refractivity contribution is 7.22. The Bertz CT molecular complexity index is 1050. The minimum Gasteiger partial charge on any atom is -0.494 e. The number of benzene rings is 2. The first-order chi connectivity index (χ1) is 14.5. The number of nitrogens with zero attached hydrogens (tertiary/aromatic N) is 3. The third-order valence-corrected chi connectivity index (χ3v) is 6.75. The van der Waals surface area contributed by atoms with Crippen molar-refractivity contribution in [2.75, 3.05) is 51.3 Å². The predicted octanol–water partition coefficient (Wildman–Crippen LogP) is 4.16. The van der Waals surface area contributed by atoms with Crippen molar-refractivity contribution in [3.05, 3.63) is 52.0 Å². The average Bonchev–Trinajstić information content (AvgIpc) is 3.18. The lowest BCUT2D eigenvalue weighted by atomic mass is 10.2. The van der Waals surface area contributed by atoms with Crippen molar-refractivity contribution in [2.24, 2.45) is 0 Å². The number of piperazine rings is 1. The van der Waals surface area contributed by atoms with Crippen LogP contribution in [0.4, 0.5) is 5.13 Å². The molecule has 0 unspecified atom stereocenters. The molecule has 0 bridgehead atoms.